The van der Waals surface area contributed by atoms with Crippen LogP contribution in [0, 0.1) is 0 Å². The second kappa shape index (κ2) is 5.98. The molecule has 0 saturated heterocycles. The molecule has 0 radical (unpaired) electrons. The van der Waals surface area contributed by atoms with Crippen molar-refractivity contribution in [1.82, 2.24) is 0 Å². The first-order chi connectivity index (χ1) is 5.29. The maximum absolute atomic E-state index is 5.16. The lowest BCUT2D eigenvalue weighted by Gasteiger charge is -2.02. The van der Waals surface area contributed by atoms with Crippen molar-refractivity contribution in [3.63, 3.8) is 0 Å². The molecular weight excluding hydrogens is 192 g/mol. The monoisotopic (exact) mass is 202 g/mol. The molecule has 1 nitrogen and oxygen atoms in total. The van der Waals surface area contributed by atoms with Crippen molar-refractivity contribution in [2.24, 2.45) is 0 Å². The zero-order valence-corrected chi connectivity index (χ0v) is 8.45. The normalized spacial score (nSPS) is 8.42. The van der Waals surface area contributed by atoms with Gasteiger partial charge in [-0.05, 0) is 17.8 Å². The van der Waals surface area contributed by atoms with Crippen molar-refractivity contribution in [2.45, 2.75) is 13.5 Å². The third-order valence-corrected chi connectivity index (χ3v) is 1.40. The number of rotatable bonds is 2. The molecular formula is C9H11ClOS. The summed E-state index contributed by atoms with van der Waals surface area (Å²) in [4.78, 5) is 0. The van der Waals surface area contributed by atoms with Crippen molar-refractivity contribution in [1.29, 1.82) is 0 Å². The van der Waals surface area contributed by atoms with E-state index >= 15 is 0 Å². The van der Waals surface area contributed by atoms with Crippen LogP contribution in [0.25, 0.3) is 0 Å². The number of thiocarbonyl (C=S) groups is 1. The summed E-state index contributed by atoms with van der Waals surface area (Å²) in [6.45, 7) is 2.36. The van der Waals surface area contributed by atoms with E-state index in [4.69, 9.17) is 17.0 Å². The Labute approximate surface area is 84.2 Å². The fourth-order valence-corrected chi connectivity index (χ4v) is 0.818. The van der Waals surface area contributed by atoms with Gasteiger partial charge in [0.05, 0.1) is 0 Å². The van der Waals surface area contributed by atoms with Crippen LogP contribution in [-0.2, 0) is 11.3 Å². The van der Waals surface area contributed by atoms with Crippen LogP contribution in [-0.4, -0.2) is 5.05 Å². The SMILES string of the molecule is CC(=S)OCc1ccccc1.Cl. The largest absolute Gasteiger partial charge is 0.483 e. The number of hydrogen-bond acceptors (Lipinski definition) is 2. The molecule has 0 aliphatic carbocycles. The zero-order chi connectivity index (χ0) is 8.10. The second-order valence-electron chi connectivity index (χ2n) is 2.27. The minimum Gasteiger partial charge on any atom is -0.483 e. The van der Waals surface area contributed by atoms with Crippen molar-refractivity contribution in [3.8, 4) is 0 Å². The molecule has 0 heterocycles. The predicted molar refractivity (Wildman–Crippen MR) is 56.8 cm³/mol. The highest BCUT2D eigenvalue weighted by molar-refractivity contribution is 7.80. The van der Waals surface area contributed by atoms with Gasteiger partial charge in [-0.3, -0.25) is 0 Å². The van der Waals surface area contributed by atoms with Gasteiger partial charge in [0.1, 0.15) is 6.61 Å². The lowest BCUT2D eigenvalue weighted by atomic mass is 10.2. The maximum Gasteiger partial charge on any atom is 0.157 e. The Balaban J connectivity index is 0.00000121. The quantitative estimate of drug-likeness (QED) is 0.682. The van der Waals surface area contributed by atoms with Crippen LogP contribution in [0.2, 0.25) is 0 Å². The summed E-state index contributed by atoms with van der Waals surface area (Å²) in [6.07, 6.45) is 0. The highest BCUT2D eigenvalue weighted by Gasteiger charge is 1.90. The average Bonchev–Trinajstić information content (AvgIpc) is 2.03. The summed E-state index contributed by atoms with van der Waals surface area (Å²) in [5.41, 5.74) is 1.15. The van der Waals surface area contributed by atoms with E-state index in [1.165, 1.54) is 0 Å². The Morgan fingerprint density at radius 2 is 1.92 bits per heavy atom. The van der Waals surface area contributed by atoms with E-state index in [0.29, 0.717) is 11.7 Å². The van der Waals surface area contributed by atoms with Crippen molar-refractivity contribution >= 4 is 29.7 Å². The standard InChI is InChI=1S/C9H10OS.ClH/c1-8(11)10-7-9-5-3-2-4-6-9;/h2-6H,7H2,1H3;1H. The van der Waals surface area contributed by atoms with E-state index in [0.717, 1.165) is 5.56 Å². The van der Waals surface area contributed by atoms with Crippen molar-refractivity contribution < 1.29 is 4.74 Å². The Hall–Kier alpha value is -0.600. The summed E-state index contributed by atoms with van der Waals surface area (Å²) in [7, 11) is 0. The molecule has 1 aromatic carbocycles. The molecule has 1 aromatic rings. The number of benzene rings is 1. The molecule has 66 valence electrons. The molecule has 0 amide bonds. The smallest absolute Gasteiger partial charge is 0.157 e. The van der Waals surface area contributed by atoms with Crippen LogP contribution < -0.4 is 0 Å². The van der Waals surface area contributed by atoms with E-state index in [-0.39, 0.29) is 12.4 Å². The summed E-state index contributed by atoms with van der Waals surface area (Å²) in [5, 5.41) is 0.592. The van der Waals surface area contributed by atoms with E-state index in [9.17, 15) is 0 Å². The van der Waals surface area contributed by atoms with Crippen molar-refractivity contribution in [2.75, 3.05) is 0 Å². The number of hydrogen-bond donors (Lipinski definition) is 0. The van der Waals surface area contributed by atoms with Gasteiger partial charge in [-0.15, -0.1) is 12.4 Å². The first-order valence-corrected chi connectivity index (χ1v) is 3.87. The van der Waals surface area contributed by atoms with Crippen molar-refractivity contribution in [3.05, 3.63) is 35.9 Å². The first kappa shape index (κ1) is 11.4. The molecule has 12 heavy (non-hydrogen) atoms. The molecule has 0 spiro atoms. The lowest BCUT2D eigenvalue weighted by molar-refractivity contribution is 0.298. The second-order valence-corrected chi connectivity index (χ2v) is 2.84. The minimum absolute atomic E-state index is 0. The first-order valence-electron chi connectivity index (χ1n) is 3.46. The summed E-state index contributed by atoms with van der Waals surface area (Å²) in [6, 6.07) is 9.97. The summed E-state index contributed by atoms with van der Waals surface area (Å²) >= 11 is 4.77. The lowest BCUT2D eigenvalue weighted by Crippen LogP contribution is -1.95. The fraction of sp³-hybridized carbons (Fsp3) is 0.222. The van der Waals surface area contributed by atoms with Gasteiger partial charge in [0, 0.05) is 6.92 Å². The van der Waals surface area contributed by atoms with Gasteiger partial charge in [-0.2, -0.15) is 0 Å². The molecule has 0 bridgehead atoms. The molecule has 0 aliphatic rings. The predicted octanol–water partition coefficient (Wildman–Crippen LogP) is 2.97. The van der Waals surface area contributed by atoms with Gasteiger partial charge in [0.2, 0.25) is 0 Å². The highest BCUT2D eigenvalue weighted by atomic mass is 35.5. The fourth-order valence-electron chi connectivity index (χ4n) is 0.759. The van der Waals surface area contributed by atoms with E-state index < -0.39 is 0 Å². The average molecular weight is 203 g/mol. The van der Waals surface area contributed by atoms with Gasteiger partial charge >= 0.3 is 0 Å². The van der Waals surface area contributed by atoms with Crippen LogP contribution in [0.5, 0.6) is 0 Å². The van der Waals surface area contributed by atoms with Gasteiger partial charge in [-0.1, -0.05) is 30.3 Å². The molecule has 3 heteroatoms. The Bertz CT molecular complexity index is 236. The topological polar surface area (TPSA) is 9.23 Å². The molecule has 0 unspecified atom stereocenters. The van der Waals surface area contributed by atoms with Crippen LogP contribution in [0.15, 0.2) is 30.3 Å². The molecule has 1 rings (SSSR count). The minimum atomic E-state index is 0. The van der Waals surface area contributed by atoms with Crippen LogP contribution in [0.4, 0.5) is 0 Å². The summed E-state index contributed by atoms with van der Waals surface area (Å²) < 4.78 is 5.16. The Morgan fingerprint density at radius 3 is 2.42 bits per heavy atom. The Kier molecular flexibility index (Phi) is 5.68. The maximum atomic E-state index is 5.16. The third kappa shape index (κ3) is 4.31. The Morgan fingerprint density at radius 1 is 1.33 bits per heavy atom. The molecule has 0 N–H and O–H groups in total. The molecule has 0 fully saturated rings. The van der Waals surface area contributed by atoms with E-state index in [1.807, 2.05) is 30.3 Å². The highest BCUT2D eigenvalue weighted by Crippen LogP contribution is 2.00. The van der Waals surface area contributed by atoms with Gasteiger partial charge in [-0.25, -0.2) is 0 Å². The third-order valence-electron chi connectivity index (χ3n) is 1.28. The van der Waals surface area contributed by atoms with Gasteiger partial charge < -0.3 is 4.74 Å². The van der Waals surface area contributed by atoms with Gasteiger partial charge in [0.15, 0.2) is 5.05 Å². The molecule has 0 atom stereocenters. The molecule has 0 saturated carbocycles. The van der Waals surface area contributed by atoms with E-state index in [1.54, 1.807) is 6.92 Å². The van der Waals surface area contributed by atoms with E-state index in [2.05, 4.69) is 0 Å². The zero-order valence-electron chi connectivity index (χ0n) is 6.82. The summed E-state index contributed by atoms with van der Waals surface area (Å²) in [5.74, 6) is 0. The van der Waals surface area contributed by atoms with Crippen LogP contribution in [0.1, 0.15) is 12.5 Å². The van der Waals surface area contributed by atoms with Gasteiger partial charge in [0.25, 0.3) is 0 Å². The molecule has 0 aliphatic heterocycles. The number of halogens is 1. The molecule has 0 aromatic heterocycles. The number of ether oxygens (including phenoxy) is 1. The van der Waals surface area contributed by atoms with Crippen LogP contribution in [0.3, 0.4) is 0 Å². The van der Waals surface area contributed by atoms with Crippen LogP contribution >= 0.6 is 24.6 Å².